The van der Waals surface area contributed by atoms with Gasteiger partial charge < -0.3 is 16.0 Å². The number of carbonyl (C=O) groups is 1. The number of H-pyrrole nitrogens is 1. The second kappa shape index (κ2) is 6.46. The minimum atomic E-state index is -0.348. The highest BCUT2D eigenvalue weighted by atomic mass is 16.1. The van der Waals surface area contributed by atoms with Crippen LogP contribution in [0.25, 0.3) is 10.8 Å². The molecule has 0 fully saturated rings. The van der Waals surface area contributed by atoms with Crippen LogP contribution in [0.3, 0.4) is 0 Å². The minimum Gasteiger partial charge on any atom is -0.329 e. The number of carbonyl (C=O) groups excluding carboxylic acids is 1. The van der Waals surface area contributed by atoms with E-state index in [1.807, 2.05) is 30.3 Å². The van der Waals surface area contributed by atoms with Gasteiger partial charge in [-0.1, -0.05) is 30.3 Å². The molecule has 0 spiro atoms. The Morgan fingerprint density at radius 3 is 2.70 bits per heavy atom. The zero-order valence-electron chi connectivity index (χ0n) is 12.5. The molecule has 4 N–H and O–H groups in total. The van der Waals surface area contributed by atoms with Crippen molar-refractivity contribution in [1.29, 1.82) is 0 Å². The topological polar surface area (TPSA) is 88.0 Å². The van der Waals surface area contributed by atoms with Gasteiger partial charge in [0.25, 0.3) is 5.56 Å². The summed E-state index contributed by atoms with van der Waals surface area (Å²) in [5.74, 6) is -0.162. The van der Waals surface area contributed by atoms with E-state index in [4.69, 9.17) is 5.73 Å². The number of aromatic nitrogens is 1. The summed E-state index contributed by atoms with van der Waals surface area (Å²) in [7, 11) is 0. The standard InChI is InChI=1S/C18H17N3O2/c19-16(12-4-2-1-3-5-12)11-17(22)21-14-6-7-15-13(10-14)8-9-20-18(15)23/h1-10,16H,11,19H2,(H,20,23)(H,21,22)/t16-/m0/s1. The largest absolute Gasteiger partial charge is 0.329 e. The van der Waals surface area contributed by atoms with Crippen LogP contribution in [0, 0.1) is 0 Å². The van der Waals surface area contributed by atoms with Gasteiger partial charge >= 0.3 is 0 Å². The van der Waals surface area contributed by atoms with Gasteiger partial charge in [-0.05, 0) is 35.2 Å². The molecule has 5 nitrogen and oxygen atoms in total. The number of amides is 1. The Labute approximate surface area is 133 Å². The van der Waals surface area contributed by atoms with Crippen LogP contribution < -0.4 is 16.6 Å². The summed E-state index contributed by atoms with van der Waals surface area (Å²) in [5.41, 5.74) is 7.48. The number of rotatable bonds is 4. The number of fused-ring (bicyclic) bond motifs is 1. The fraction of sp³-hybridized carbons (Fsp3) is 0.111. The number of hydrogen-bond acceptors (Lipinski definition) is 3. The Morgan fingerprint density at radius 1 is 1.13 bits per heavy atom. The highest BCUT2D eigenvalue weighted by Crippen LogP contribution is 2.18. The summed E-state index contributed by atoms with van der Waals surface area (Å²) >= 11 is 0. The number of nitrogens with two attached hydrogens (primary N) is 1. The number of pyridine rings is 1. The highest BCUT2D eigenvalue weighted by Gasteiger charge is 2.12. The average Bonchev–Trinajstić information content (AvgIpc) is 2.55. The van der Waals surface area contributed by atoms with E-state index in [0.717, 1.165) is 10.9 Å². The second-order valence-corrected chi connectivity index (χ2v) is 5.38. The van der Waals surface area contributed by atoms with Gasteiger partial charge in [0.15, 0.2) is 0 Å². The maximum atomic E-state index is 12.1. The second-order valence-electron chi connectivity index (χ2n) is 5.38. The lowest BCUT2D eigenvalue weighted by Crippen LogP contribution is -2.20. The maximum Gasteiger partial charge on any atom is 0.255 e. The van der Waals surface area contributed by atoms with Crippen molar-refractivity contribution in [3.8, 4) is 0 Å². The zero-order valence-corrected chi connectivity index (χ0v) is 12.5. The Bertz CT molecular complexity index is 887. The predicted octanol–water partition coefficient (Wildman–Crippen LogP) is 2.56. The Kier molecular flexibility index (Phi) is 4.21. The molecule has 0 saturated heterocycles. The molecule has 23 heavy (non-hydrogen) atoms. The lowest BCUT2D eigenvalue weighted by atomic mass is 10.0. The van der Waals surface area contributed by atoms with Gasteiger partial charge in [0.1, 0.15) is 0 Å². The van der Waals surface area contributed by atoms with Crippen LogP contribution in [-0.4, -0.2) is 10.9 Å². The SMILES string of the molecule is N[C@@H](CC(=O)Nc1ccc2c(=O)[nH]ccc2c1)c1ccccc1. The van der Waals surface area contributed by atoms with Gasteiger partial charge in [0, 0.05) is 29.7 Å². The van der Waals surface area contributed by atoms with Gasteiger partial charge in [0.2, 0.25) is 5.91 Å². The van der Waals surface area contributed by atoms with Crippen molar-refractivity contribution in [2.45, 2.75) is 12.5 Å². The molecule has 5 heteroatoms. The van der Waals surface area contributed by atoms with Crippen LogP contribution >= 0.6 is 0 Å². The molecule has 1 atom stereocenters. The number of benzene rings is 2. The van der Waals surface area contributed by atoms with Crippen molar-refractivity contribution in [3.05, 3.63) is 76.7 Å². The first-order valence-corrected chi connectivity index (χ1v) is 7.35. The van der Waals surface area contributed by atoms with E-state index in [2.05, 4.69) is 10.3 Å². The summed E-state index contributed by atoms with van der Waals surface area (Å²) in [6.07, 6.45) is 1.78. The molecule has 0 aliphatic heterocycles. The molecule has 2 aromatic carbocycles. The Hall–Kier alpha value is -2.92. The molecular formula is C18H17N3O2. The van der Waals surface area contributed by atoms with Gasteiger partial charge in [-0.2, -0.15) is 0 Å². The molecule has 0 saturated carbocycles. The van der Waals surface area contributed by atoms with Crippen LogP contribution in [-0.2, 0) is 4.79 Å². The first-order valence-electron chi connectivity index (χ1n) is 7.35. The number of hydrogen-bond donors (Lipinski definition) is 3. The molecule has 0 unspecified atom stereocenters. The normalized spacial score (nSPS) is 12.0. The molecule has 0 bridgehead atoms. The molecule has 1 aromatic heterocycles. The molecule has 116 valence electrons. The highest BCUT2D eigenvalue weighted by molar-refractivity contribution is 5.94. The van der Waals surface area contributed by atoms with Gasteiger partial charge in [0.05, 0.1) is 0 Å². The molecule has 0 aliphatic rings. The summed E-state index contributed by atoms with van der Waals surface area (Å²) < 4.78 is 0. The summed E-state index contributed by atoms with van der Waals surface area (Å²) in [5, 5.41) is 4.19. The van der Waals surface area contributed by atoms with E-state index in [9.17, 15) is 9.59 Å². The van der Waals surface area contributed by atoms with Crippen molar-refractivity contribution in [2.24, 2.45) is 5.73 Å². The van der Waals surface area contributed by atoms with E-state index >= 15 is 0 Å². The summed E-state index contributed by atoms with van der Waals surface area (Å²) in [6, 6.07) is 16.1. The summed E-state index contributed by atoms with van der Waals surface area (Å²) in [6.45, 7) is 0. The molecule has 0 aliphatic carbocycles. The summed E-state index contributed by atoms with van der Waals surface area (Å²) in [4.78, 5) is 26.4. The van der Waals surface area contributed by atoms with Crippen molar-refractivity contribution in [1.82, 2.24) is 4.98 Å². The predicted molar refractivity (Wildman–Crippen MR) is 91.2 cm³/mol. The Balaban J connectivity index is 1.72. The molecule has 3 aromatic rings. The molecule has 0 radical (unpaired) electrons. The van der Waals surface area contributed by atoms with Crippen molar-refractivity contribution >= 4 is 22.4 Å². The molecule has 3 rings (SSSR count). The van der Waals surface area contributed by atoms with E-state index in [1.54, 1.807) is 30.5 Å². The molecule has 1 heterocycles. The fourth-order valence-electron chi connectivity index (χ4n) is 2.50. The third-order valence-corrected chi connectivity index (χ3v) is 3.69. The number of aromatic amines is 1. The van der Waals surface area contributed by atoms with Crippen LogP contribution in [0.1, 0.15) is 18.0 Å². The lowest BCUT2D eigenvalue weighted by molar-refractivity contribution is -0.116. The van der Waals surface area contributed by atoms with Crippen LogP contribution in [0.2, 0.25) is 0 Å². The first-order chi connectivity index (χ1) is 11.1. The van der Waals surface area contributed by atoms with Crippen molar-refractivity contribution in [2.75, 3.05) is 5.32 Å². The van der Waals surface area contributed by atoms with Gasteiger partial charge in [-0.25, -0.2) is 0 Å². The number of nitrogens with one attached hydrogen (secondary N) is 2. The monoisotopic (exact) mass is 307 g/mol. The fourth-order valence-corrected chi connectivity index (χ4v) is 2.50. The third-order valence-electron chi connectivity index (χ3n) is 3.69. The maximum absolute atomic E-state index is 12.1. The lowest BCUT2D eigenvalue weighted by Gasteiger charge is -2.12. The smallest absolute Gasteiger partial charge is 0.255 e. The quantitative estimate of drug-likeness (QED) is 0.692. The van der Waals surface area contributed by atoms with Crippen LogP contribution in [0.15, 0.2) is 65.6 Å². The minimum absolute atomic E-state index is 0.147. The van der Waals surface area contributed by atoms with Crippen molar-refractivity contribution < 1.29 is 4.79 Å². The van der Waals surface area contributed by atoms with Crippen molar-refractivity contribution in [3.63, 3.8) is 0 Å². The number of anilines is 1. The average molecular weight is 307 g/mol. The van der Waals surface area contributed by atoms with E-state index in [-0.39, 0.29) is 23.9 Å². The Morgan fingerprint density at radius 2 is 1.91 bits per heavy atom. The van der Waals surface area contributed by atoms with E-state index in [1.165, 1.54) is 0 Å². The van der Waals surface area contributed by atoms with Gasteiger partial charge in [-0.15, -0.1) is 0 Å². The van der Waals surface area contributed by atoms with Crippen LogP contribution in [0.4, 0.5) is 5.69 Å². The third kappa shape index (κ3) is 3.46. The first kappa shape index (κ1) is 15.0. The molecule has 1 amide bonds. The van der Waals surface area contributed by atoms with Crippen LogP contribution in [0.5, 0.6) is 0 Å². The van der Waals surface area contributed by atoms with Gasteiger partial charge in [-0.3, -0.25) is 9.59 Å². The van der Waals surface area contributed by atoms with E-state index < -0.39 is 0 Å². The zero-order chi connectivity index (χ0) is 16.2. The van der Waals surface area contributed by atoms with E-state index in [0.29, 0.717) is 11.1 Å². The molecular weight excluding hydrogens is 290 g/mol.